The van der Waals surface area contributed by atoms with Crippen LogP contribution in [0.4, 0.5) is 0 Å². The largest absolute Gasteiger partial charge is 0.493 e. The Bertz CT molecular complexity index is 945. The summed E-state index contributed by atoms with van der Waals surface area (Å²) in [5, 5.41) is 3.79. The second-order valence-corrected chi connectivity index (χ2v) is 6.81. The first-order chi connectivity index (χ1) is 14.2. The average molecular weight is 393 g/mol. The average Bonchev–Trinajstić information content (AvgIpc) is 2.76. The summed E-state index contributed by atoms with van der Waals surface area (Å²) in [5.74, 6) is 1.14. The number of carbonyl (C=O) groups is 1. The van der Waals surface area contributed by atoms with E-state index in [0.717, 1.165) is 36.6 Å². The Morgan fingerprint density at radius 3 is 2.72 bits per heavy atom. The van der Waals surface area contributed by atoms with Crippen molar-refractivity contribution in [3.05, 3.63) is 60.0 Å². The molecule has 1 aromatic carbocycles. The number of benzene rings is 1. The highest BCUT2D eigenvalue weighted by Gasteiger charge is 2.14. The summed E-state index contributed by atoms with van der Waals surface area (Å²) in [7, 11) is 1.62. The quantitative estimate of drug-likeness (QED) is 0.523. The summed E-state index contributed by atoms with van der Waals surface area (Å²) in [6.07, 6.45) is 9.07. The summed E-state index contributed by atoms with van der Waals surface area (Å²) in [4.78, 5) is 21.0. The third-order valence-electron chi connectivity index (χ3n) is 4.70. The Morgan fingerprint density at radius 2 is 1.97 bits per heavy atom. The normalized spacial score (nSPS) is 10.7. The molecule has 0 unspecified atom stereocenters. The summed E-state index contributed by atoms with van der Waals surface area (Å²) >= 11 is 0. The van der Waals surface area contributed by atoms with E-state index in [1.807, 2.05) is 30.3 Å². The van der Waals surface area contributed by atoms with E-state index in [9.17, 15) is 4.79 Å². The fraction of sp³-hybridized carbons (Fsp3) is 0.348. The first kappa shape index (κ1) is 20.6. The van der Waals surface area contributed by atoms with Crippen LogP contribution >= 0.6 is 0 Å². The highest BCUT2D eigenvalue weighted by atomic mass is 16.5. The van der Waals surface area contributed by atoms with Crippen LogP contribution in [0, 0.1) is 0 Å². The molecular weight excluding hydrogens is 366 g/mol. The van der Waals surface area contributed by atoms with Crippen LogP contribution < -0.4 is 14.8 Å². The van der Waals surface area contributed by atoms with Crippen molar-refractivity contribution in [3.8, 4) is 11.5 Å². The molecule has 0 radical (unpaired) electrons. The molecule has 0 aliphatic carbocycles. The van der Waals surface area contributed by atoms with Crippen molar-refractivity contribution in [1.29, 1.82) is 0 Å². The molecule has 0 saturated carbocycles. The van der Waals surface area contributed by atoms with E-state index < -0.39 is 0 Å². The molecule has 6 nitrogen and oxygen atoms in total. The van der Waals surface area contributed by atoms with Gasteiger partial charge in [0.2, 0.25) is 0 Å². The molecule has 152 valence electrons. The number of rotatable bonds is 10. The summed E-state index contributed by atoms with van der Waals surface area (Å²) in [6.45, 7) is 3.32. The maximum atomic E-state index is 12.5. The highest BCUT2D eigenvalue weighted by Crippen LogP contribution is 2.34. The van der Waals surface area contributed by atoms with Crippen LogP contribution in [-0.4, -0.2) is 36.1 Å². The molecule has 2 heterocycles. The number of nitrogens with zero attached hydrogens (tertiary/aromatic N) is 2. The van der Waals surface area contributed by atoms with E-state index >= 15 is 0 Å². The molecule has 0 atom stereocenters. The molecule has 0 spiro atoms. The number of nitrogens with one attached hydrogen (secondary N) is 1. The second kappa shape index (κ2) is 10.4. The number of unbranched alkanes of at least 4 members (excludes halogenated alkanes) is 2. The molecule has 1 N–H and O–H groups in total. The second-order valence-electron chi connectivity index (χ2n) is 6.81. The maximum absolute atomic E-state index is 12.5. The molecule has 0 saturated heterocycles. The fourth-order valence-electron chi connectivity index (χ4n) is 3.08. The van der Waals surface area contributed by atoms with E-state index in [2.05, 4.69) is 22.2 Å². The zero-order chi connectivity index (χ0) is 20.5. The zero-order valence-corrected chi connectivity index (χ0v) is 17.0. The number of fused-ring (bicyclic) bond motifs is 1. The van der Waals surface area contributed by atoms with Gasteiger partial charge in [-0.2, -0.15) is 0 Å². The van der Waals surface area contributed by atoms with Crippen molar-refractivity contribution in [3.63, 3.8) is 0 Å². The molecule has 2 aromatic heterocycles. The molecule has 0 aliphatic rings. The number of pyridine rings is 2. The van der Waals surface area contributed by atoms with Crippen molar-refractivity contribution in [2.45, 2.75) is 32.6 Å². The maximum Gasteiger partial charge on any atom is 0.252 e. The van der Waals surface area contributed by atoms with Gasteiger partial charge in [-0.25, -0.2) is 0 Å². The Kier molecular flexibility index (Phi) is 7.39. The number of aromatic nitrogens is 2. The van der Waals surface area contributed by atoms with Crippen LogP contribution in [0.1, 0.15) is 42.1 Å². The predicted octanol–water partition coefficient (Wildman–Crippen LogP) is 4.18. The minimum atomic E-state index is -0.144. The lowest BCUT2D eigenvalue weighted by molar-refractivity contribution is 0.0954. The number of methoxy groups -OCH3 is 1. The minimum absolute atomic E-state index is 0.144. The van der Waals surface area contributed by atoms with Gasteiger partial charge in [-0.1, -0.05) is 19.8 Å². The lowest BCUT2D eigenvalue weighted by Gasteiger charge is -2.13. The van der Waals surface area contributed by atoms with E-state index in [-0.39, 0.29) is 5.91 Å². The van der Waals surface area contributed by atoms with Gasteiger partial charge in [0.05, 0.1) is 19.3 Å². The van der Waals surface area contributed by atoms with Gasteiger partial charge in [0, 0.05) is 30.5 Å². The molecule has 1 amide bonds. The van der Waals surface area contributed by atoms with Crippen LogP contribution in [0.3, 0.4) is 0 Å². The van der Waals surface area contributed by atoms with Crippen molar-refractivity contribution in [2.24, 2.45) is 0 Å². The number of ether oxygens (including phenoxy) is 2. The third-order valence-corrected chi connectivity index (χ3v) is 4.70. The monoisotopic (exact) mass is 393 g/mol. The van der Waals surface area contributed by atoms with Crippen LogP contribution in [0.25, 0.3) is 10.9 Å². The summed E-state index contributed by atoms with van der Waals surface area (Å²) < 4.78 is 11.4. The third kappa shape index (κ3) is 5.44. The summed E-state index contributed by atoms with van der Waals surface area (Å²) in [5.41, 5.74) is 2.36. The van der Waals surface area contributed by atoms with Crippen LogP contribution in [0.2, 0.25) is 0 Å². The van der Waals surface area contributed by atoms with Gasteiger partial charge >= 0.3 is 0 Å². The van der Waals surface area contributed by atoms with E-state index in [0.29, 0.717) is 35.7 Å². The molecule has 3 aromatic rings. The minimum Gasteiger partial charge on any atom is -0.493 e. The Morgan fingerprint density at radius 1 is 1.14 bits per heavy atom. The van der Waals surface area contributed by atoms with Gasteiger partial charge < -0.3 is 14.8 Å². The molecule has 0 fully saturated rings. The highest BCUT2D eigenvalue weighted by molar-refractivity contribution is 5.98. The fourth-order valence-corrected chi connectivity index (χ4v) is 3.08. The smallest absolute Gasteiger partial charge is 0.252 e. The number of hydrogen-bond acceptors (Lipinski definition) is 5. The first-order valence-electron chi connectivity index (χ1n) is 9.99. The van der Waals surface area contributed by atoms with Gasteiger partial charge in [-0.05, 0) is 48.7 Å². The van der Waals surface area contributed by atoms with E-state index in [4.69, 9.17) is 9.47 Å². The lowest BCUT2D eigenvalue weighted by atomic mass is 10.1. The van der Waals surface area contributed by atoms with Crippen molar-refractivity contribution < 1.29 is 14.3 Å². The number of amides is 1. The Hall–Kier alpha value is -3.15. The Balaban J connectivity index is 1.70. The predicted molar refractivity (Wildman–Crippen MR) is 114 cm³/mol. The zero-order valence-electron chi connectivity index (χ0n) is 17.0. The summed E-state index contributed by atoms with van der Waals surface area (Å²) in [6, 6.07) is 9.47. The lowest BCUT2D eigenvalue weighted by Crippen LogP contribution is -2.25. The molecule has 6 heteroatoms. The van der Waals surface area contributed by atoms with Crippen molar-refractivity contribution in [2.75, 3.05) is 20.3 Å². The van der Waals surface area contributed by atoms with E-state index in [1.165, 1.54) is 0 Å². The number of hydrogen-bond donors (Lipinski definition) is 1. The van der Waals surface area contributed by atoms with Gasteiger partial charge in [-0.15, -0.1) is 0 Å². The molecule has 3 rings (SSSR count). The van der Waals surface area contributed by atoms with Crippen molar-refractivity contribution >= 4 is 16.8 Å². The molecular formula is C23H27N3O3. The van der Waals surface area contributed by atoms with Gasteiger partial charge in [0.25, 0.3) is 5.91 Å². The number of carbonyl (C=O) groups excluding carboxylic acids is 1. The molecule has 0 aliphatic heterocycles. The SMILES string of the molecule is CCCCCOc1c(OC)ccc2cc(C(=O)NCCc3ccncc3)cnc12. The van der Waals surface area contributed by atoms with Crippen LogP contribution in [0.15, 0.2) is 48.9 Å². The van der Waals surface area contributed by atoms with Crippen LogP contribution in [0.5, 0.6) is 11.5 Å². The van der Waals surface area contributed by atoms with Gasteiger partial charge in [-0.3, -0.25) is 14.8 Å². The van der Waals surface area contributed by atoms with Gasteiger partial charge in [0.15, 0.2) is 11.5 Å². The molecule has 0 bridgehead atoms. The van der Waals surface area contributed by atoms with Crippen molar-refractivity contribution in [1.82, 2.24) is 15.3 Å². The topological polar surface area (TPSA) is 73.3 Å². The standard InChI is InChI=1S/C23H27N3O3/c1-3-4-5-14-29-22-20(28-2)7-6-18-15-19(16-26-21(18)22)23(27)25-13-10-17-8-11-24-12-9-17/h6-9,11-12,15-16H,3-5,10,13-14H2,1-2H3,(H,25,27). The Labute approximate surface area is 171 Å². The first-order valence-corrected chi connectivity index (χ1v) is 9.99. The molecule has 29 heavy (non-hydrogen) atoms. The van der Waals surface area contributed by atoms with Crippen LogP contribution in [-0.2, 0) is 6.42 Å². The van der Waals surface area contributed by atoms with E-state index in [1.54, 1.807) is 25.7 Å². The van der Waals surface area contributed by atoms with Gasteiger partial charge in [0.1, 0.15) is 5.52 Å².